The number of hydrazine groups is 1. The van der Waals surface area contributed by atoms with Gasteiger partial charge in [-0.15, -0.1) is 0 Å². The van der Waals surface area contributed by atoms with E-state index in [0.717, 1.165) is 0 Å². The summed E-state index contributed by atoms with van der Waals surface area (Å²) in [6, 6.07) is 6.18. The van der Waals surface area contributed by atoms with E-state index in [2.05, 4.69) is 15.4 Å². The van der Waals surface area contributed by atoms with Crippen molar-refractivity contribution in [2.45, 2.75) is 6.61 Å². The van der Waals surface area contributed by atoms with Gasteiger partial charge in [0.2, 0.25) is 5.75 Å². The van der Waals surface area contributed by atoms with Gasteiger partial charge in [-0.3, -0.25) is 0 Å². The van der Waals surface area contributed by atoms with Crippen molar-refractivity contribution in [2.24, 2.45) is 5.84 Å². The van der Waals surface area contributed by atoms with Crippen molar-refractivity contribution in [3.63, 3.8) is 0 Å². The number of aromatic nitrogens is 2. The summed E-state index contributed by atoms with van der Waals surface area (Å²) in [6.07, 6.45) is 1.31. The molecule has 3 N–H and O–H groups in total. The number of hydrogen-bond donors (Lipinski definition) is 2. The van der Waals surface area contributed by atoms with Crippen molar-refractivity contribution < 1.29 is 9.66 Å². The molecule has 0 fully saturated rings. The zero-order valence-electron chi connectivity index (χ0n) is 10.1. The van der Waals surface area contributed by atoms with E-state index in [1.54, 1.807) is 12.1 Å². The Hall–Kier alpha value is -2.45. The van der Waals surface area contributed by atoms with Crippen molar-refractivity contribution in [1.29, 1.82) is 0 Å². The zero-order chi connectivity index (χ0) is 14.5. The Kier molecular flexibility index (Phi) is 4.28. The molecule has 20 heavy (non-hydrogen) atoms. The number of pyridine rings is 2. The predicted molar refractivity (Wildman–Crippen MR) is 72.3 cm³/mol. The molecule has 0 amide bonds. The Balaban J connectivity index is 2.19. The number of nitrogens with one attached hydrogen (secondary N) is 1. The summed E-state index contributed by atoms with van der Waals surface area (Å²) in [7, 11) is 0. The predicted octanol–water partition coefficient (Wildman–Crippen LogP) is 1.90. The summed E-state index contributed by atoms with van der Waals surface area (Å²) in [5.41, 5.74) is 2.78. The molecule has 8 nitrogen and oxygen atoms in total. The van der Waals surface area contributed by atoms with E-state index in [0.29, 0.717) is 16.5 Å². The van der Waals surface area contributed by atoms with Gasteiger partial charge in [0, 0.05) is 0 Å². The van der Waals surface area contributed by atoms with Crippen LogP contribution in [0.2, 0.25) is 5.02 Å². The first-order valence-electron chi connectivity index (χ1n) is 5.46. The zero-order valence-corrected chi connectivity index (χ0v) is 10.9. The number of nitrogens with zero attached hydrogens (tertiary/aromatic N) is 3. The molecule has 0 atom stereocenters. The summed E-state index contributed by atoms with van der Waals surface area (Å²) in [4.78, 5) is 17.9. The summed E-state index contributed by atoms with van der Waals surface area (Å²) in [5, 5.41) is 11.2. The summed E-state index contributed by atoms with van der Waals surface area (Å²) in [5.74, 6) is 5.33. The minimum atomic E-state index is -0.623. The van der Waals surface area contributed by atoms with Crippen LogP contribution in [-0.2, 0) is 6.61 Å². The monoisotopic (exact) mass is 295 g/mol. The molecule has 0 unspecified atom stereocenters. The molecule has 0 spiro atoms. The Morgan fingerprint density at radius 1 is 1.45 bits per heavy atom. The lowest BCUT2D eigenvalue weighted by molar-refractivity contribution is -0.390. The standard InChI is InChI=1S/C11H10ClN5O3/c12-7-3-4-10(16-13)15-8(7)6-20-9-2-1-5-14-11(9)17(18)19/h1-5H,6,13H2,(H,15,16). The molecule has 0 aliphatic carbocycles. The van der Waals surface area contributed by atoms with Crippen LogP contribution in [0.5, 0.6) is 5.75 Å². The van der Waals surface area contributed by atoms with Gasteiger partial charge in [-0.1, -0.05) is 11.6 Å². The van der Waals surface area contributed by atoms with Crippen LogP contribution in [-0.4, -0.2) is 14.9 Å². The van der Waals surface area contributed by atoms with Crippen LogP contribution in [0, 0.1) is 10.1 Å². The maximum Gasteiger partial charge on any atom is 0.406 e. The first-order chi connectivity index (χ1) is 9.61. The van der Waals surface area contributed by atoms with Gasteiger partial charge in [-0.25, -0.2) is 10.8 Å². The molecule has 0 aliphatic heterocycles. The molecule has 2 aromatic rings. The van der Waals surface area contributed by atoms with Gasteiger partial charge in [0.25, 0.3) is 0 Å². The van der Waals surface area contributed by atoms with E-state index >= 15 is 0 Å². The van der Waals surface area contributed by atoms with Gasteiger partial charge in [0.1, 0.15) is 18.6 Å². The molecule has 2 heterocycles. The van der Waals surface area contributed by atoms with Crippen molar-refractivity contribution in [3.8, 4) is 5.75 Å². The smallest absolute Gasteiger partial charge is 0.406 e. The summed E-state index contributed by atoms with van der Waals surface area (Å²) >= 11 is 5.96. The second-order valence-electron chi connectivity index (χ2n) is 3.64. The fraction of sp³-hybridized carbons (Fsp3) is 0.0909. The quantitative estimate of drug-likeness (QED) is 0.491. The molecule has 9 heteroatoms. The van der Waals surface area contributed by atoms with E-state index in [1.807, 2.05) is 0 Å². The lowest BCUT2D eigenvalue weighted by Gasteiger charge is -2.08. The van der Waals surface area contributed by atoms with E-state index < -0.39 is 4.92 Å². The van der Waals surface area contributed by atoms with Crippen molar-refractivity contribution >= 4 is 23.2 Å². The number of halogens is 1. The molecule has 2 rings (SSSR count). The molecule has 0 aromatic carbocycles. The second kappa shape index (κ2) is 6.13. The van der Waals surface area contributed by atoms with Gasteiger partial charge < -0.3 is 20.3 Å². The summed E-state index contributed by atoms with van der Waals surface area (Å²) in [6.45, 7) is -0.0408. The number of nitrogens with two attached hydrogens (primary N) is 1. The lowest BCUT2D eigenvalue weighted by atomic mass is 10.3. The highest BCUT2D eigenvalue weighted by molar-refractivity contribution is 6.31. The highest BCUT2D eigenvalue weighted by atomic mass is 35.5. The third-order valence-electron chi connectivity index (χ3n) is 2.35. The minimum Gasteiger partial charge on any atom is -0.479 e. The van der Waals surface area contributed by atoms with Gasteiger partial charge in [0.05, 0.1) is 10.7 Å². The molecular formula is C11H10ClN5O3. The Labute approximate surface area is 118 Å². The van der Waals surface area contributed by atoms with Crippen LogP contribution in [0.4, 0.5) is 11.6 Å². The minimum absolute atomic E-state index is 0.0408. The van der Waals surface area contributed by atoms with Gasteiger partial charge in [-0.2, -0.15) is 0 Å². The first kappa shape index (κ1) is 14.0. The van der Waals surface area contributed by atoms with Crippen LogP contribution in [0.3, 0.4) is 0 Å². The molecule has 2 aromatic heterocycles. The Morgan fingerprint density at radius 2 is 2.25 bits per heavy atom. The van der Waals surface area contributed by atoms with E-state index in [1.165, 1.54) is 18.3 Å². The maximum absolute atomic E-state index is 10.8. The highest BCUT2D eigenvalue weighted by Gasteiger charge is 2.16. The van der Waals surface area contributed by atoms with Gasteiger partial charge in [-0.05, 0) is 34.2 Å². The van der Waals surface area contributed by atoms with Gasteiger partial charge in [0.15, 0.2) is 0 Å². The normalized spacial score (nSPS) is 10.1. The number of ether oxygens (including phenoxy) is 1. The average Bonchev–Trinajstić information content (AvgIpc) is 2.46. The number of rotatable bonds is 5. The van der Waals surface area contributed by atoms with Crippen molar-refractivity contribution in [2.75, 3.05) is 5.43 Å². The van der Waals surface area contributed by atoms with Crippen LogP contribution in [0.15, 0.2) is 30.5 Å². The third-order valence-corrected chi connectivity index (χ3v) is 2.70. The van der Waals surface area contributed by atoms with Crippen molar-refractivity contribution in [1.82, 2.24) is 9.97 Å². The topological polar surface area (TPSA) is 116 Å². The number of hydrogen-bond acceptors (Lipinski definition) is 7. The van der Waals surface area contributed by atoms with Gasteiger partial charge >= 0.3 is 5.82 Å². The number of anilines is 1. The third kappa shape index (κ3) is 3.11. The molecule has 0 aliphatic rings. The SMILES string of the molecule is NNc1ccc(Cl)c(COc2cccnc2[N+](=O)[O-])n1. The fourth-order valence-electron chi connectivity index (χ4n) is 1.44. The van der Waals surface area contributed by atoms with Crippen LogP contribution in [0.1, 0.15) is 5.69 Å². The van der Waals surface area contributed by atoms with E-state index in [4.69, 9.17) is 22.2 Å². The molecule has 0 saturated carbocycles. The first-order valence-corrected chi connectivity index (χ1v) is 5.84. The highest BCUT2D eigenvalue weighted by Crippen LogP contribution is 2.25. The summed E-state index contributed by atoms with van der Waals surface area (Å²) < 4.78 is 5.35. The molecule has 0 bridgehead atoms. The maximum atomic E-state index is 10.8. The Bertz CT molecular complexity index is 637. The van der Waals surface area contributed by atoms with Crippen LogP contribution < -0.4 is 16.0 Å². The molecule has 0 saturated heterocycles. The largest absolute Gasteiger partial charge is 0.479 e. The Morgan fingerprint density at radius 3 is 2.95 bits per heavy atom. The lowest BCUT2D eigenvalue weighted by Crippen LogP contribution is -2.10. The van der Waals surface area contributed by atoms with E-state index in [9.17, 15) is 10.1 Å². The fourth-order valence-corrected chi connectivity index (χ4v) is 1.60. The van der Waals surface area contributed by atoms with Crippen molar-refractivity contribution in [3.05, 3.63) is 51.3 Å². The average molecular weight is 296 g/mol. The molecule has 0 radical (unpaired) electrons. The van der Waals surface area contributed by atoms with E-state index in [-0.39, 0.29) is 18.2 Å². The van der Waals surface area contributed by atoms with Crippen LogP contribution in [0.25, 0.3) is 0 Å². The number of nitro groups is 1. The molecule has 104 valence electrons. The number of nitrogen functional groups attached to an aromatic ring is 1. The van der Waals surface area contributed by atoms with Crippen LogP contribution >= 0.6 is 11.6 Å². The second-order valence-corrected chi connectivity index (χ2v) is 4.05. The molecular weight excluding hydrogens is 286 g/mol.